The summed E-state index contributed by atoms with van der Waals surface area (Å²) in [6.45, 7) is 0. The molecule has 4 aromatic carbocycles. The standard InChI is InChI=1S/C12H12N2.C12H10.CHF3O2S/c13-11-5-1-3-9(7-11)10-4-2-6-12(14)8-10;1-3-7-11(8-4-1)12-9-5-2-6-10-12;2-1(3,4)7(5)6/h1-8H,13-14H2;1-10H;(H,5,6)/p-1. The zero-order valence-electron chi connectivity index (χ0n) is 17.4. The van der Waals surface area contributed by atoms with Gasteiger partial charge >= 0.3 is 5.51 Å². The highest BCUT2D eigenvalue weighted by Gasteiger charge is 2.28. The Bertz CT molecular complexity index is 1070. The van der Waals surface area contributed by atoms with Crippen molar-refractivity contribution in [3.05, 3.63) is 109 Å². The number of nitrogens with two attached hydrogens (primary N) is 2. The average Bonchev–Trinajstić information content (AvgIpc) is 2.80. The summed E-state index contributed by atoms with van der Waals surface area (Å²) in [4.78, 5) is 0. The molecule has 0 aliphatic rings. The highest BCUT2D eigenvalue weighted by atomic mass is 32.2. The Kier molecular flexibility index (Phi) is 9.65. The Morgan fingerprint density at radius 2 is 0.879 bits per heavy atom. The van der Waals surface area contributed by atoms with Crippen LogP contribution in [-0.4, -0.2) is 14.3 Å². The number of hydrogen-bond acceptors (Lipinski definition) is 4. The lowest BCUT2D eigenvalue weighted by Crippen LogP contribution is -2.14. The third kappa shape index (κ3) is 9.18. The molecule has 0 fully saturated rings. The van der Waals surface area contributed by atoms with Gasteiger partial charge in [0.05, 0.1) is 11.1 Å². The summed E-state index contributed by atoms with van der Waals surface area (Å²) in [6.07, 6.45) is 0. The Morgan fingerprint density at radius 3 is 1.15 bits per heavy atom. The molecule has 4 rings (SSSR count). The average molecular weight is 472 g/mol. The van der Waals surface area contributed by atoms with Crippen LogP contribution in [0.25, 0.3) is 22.3 Å². The van der Waals surface area contributed by atoms with E-state index in [1.807, 2.05) is 60.7 Å². The summed E-state index contributed by atoms with van der Waals surface area (Å²) in [5.41, 5.74) is 12.6. The lowest BCUT2D eigenvalue weighted by molar-refractivity contribution is -0.0452. The molecule has 1 atom stereocenters. The lowest BCUT2D eigenvalue weighted by atomic mass is 10.0. The van der Waals surface area contributed by atoms with Gasteiger partial charge in [0, 0.05) is 11.4 Å². The van der Waals surface area contributed by atoms with Crippen LogP contribution < -0.4 is 11.5 Å². The van der Waals surface area contributed by atoms with Gasteiger partial charge in [0.25, 0.3) is 0 Å². The van der Waals surface area contributed by atoms with Gasteiger partial charge in [0.2, 0.25) is 0 Å². The van der Waals surface area contributed by atoms with Gasteiger partial charge in [0.1, 0.15) is 0 Å². The van der Waals surface area contributed by atoms with Crippen molar-refractivity contribution in [2.24, 2.45) is 0 Å². The molecule has 0 saturated carbocycles. The van der Waals surface area contributed by atoms with Gasteiger partial charge < -0.3 is 16.0 Å². The molecule has 0 bridgehead atoms. The van der Waals surface area contributed by atoms with Crippen molar-refractivity contribution >= 4 is 22.5 Å². The van der Waals surface area contributed by atoms with Crippen LogP contribution in [0.2, 0.25) is 0 Å². The third-order valence-corrected chi connectivity index (χ3v) is 4.55. The van der Waals surface area contributed by atoms with E-state index in [4.69, 9.17) is 20.2 Å². The molecule has 0 aromatic heterocycles. The van der Waals surface area contributed by atoms with Gasteiger partial charge in [0.15, 0.2) is 0 Å². The molecule has 172 valence electrons. The maximum atomic E-state index is 10.6. The molecular formula is C25H22F3N2O2S-. The van der Waals surface area contributed by atoms with Crippen LogP contribution in [0.5, 0.6) is 0 Å². The molecule has 8 heteroatoms. The number of alkyl halides is 3. The van der Waals surface area contributed by atoms with Crippen LogP contribution in [0.4, 0.5) is 24.5 Å². The second-order valence-electron chi connectivity index (χ2n) is 6.66. The van der Waals surface area contributed by atoms with Crippen molar-refractivity contribution in [1.82, 2.24) is 0 Å². The molecule has 4 aromatic rings. The van der Waals surface area contributed by atoms with Gasteiger partial charge in [-0.2, -0.15) is 13.2 Å². The smallest absolute Gasteiger partial charge is 0.458 e. The van der Waals surface area contributed by atoms with E-state index in [-0.39, 0.29) is 0 Å². The van der Waals surface area contributed by atoms with Crippen LogP contribution >= 0.6 is 0 Å². The van der Waals surface area contributed by atoms with Crippen molar-refractivity contribution in [2.75, 3.05) is 11.5 Å². The Labute approximate surface area is 193 Å². The molecule has 0 radical (unpaired) electrons. The van der Waals surface area contributed by atoms with Gasteiger partial charge in [-0.3, -0.25) is 4.21 Å². The molecule has 0 aliphatic heterocycles. The van der Waals surface area contributed by atoms with Gasteiger partial charge in [-0.25, -0.2) is 0 Å². The van der Waals surface area contributed by atoms with Gasteiger partial charge in [-0.05, 0) is 46.5 Å². The highest BCUT2D eigenvalue weighted by molar-refractivity contribution is 7.80. The quantitative estimate of drug-likeness (QED) is 0.267. The van der Waals surface area contributed by atoms with Gasteiger partial charge in [-0.15, -0.1) is 0 Å². The Morgan fingerprint density at radius 1 is 0.576 bits per heavy atom. The molecule has 0 heterocycles. The number of anilines is 2. The van der Waals surface area contributed by atoms with Crippen molar-refractivity contribution in [3.63, 3.8) is 0 Å². The van der Waals surface area contributed by atoms with E-state index in [9.17, 15) is 13.2 Å². The number of nitrogen functional groups attached to an aromatic ring is 2. The maximum Gasteiger partial charge on any atom is 0.458 e. The molecular weight excluding hydrogens is 449 g/mol. The van der Waals surface area contributed by atoms with E-state index in [0.717, 1.165) is 22.5 Å². The number of benzene rings is 4. The normalized spacial score (nSPS) is 11.3. The predicted molar refractivity (Wildman–Crippen MR) is 128 cm³/mol. The fourth-order valence-electron chi connectivity index (χ4n) is 2.70. The highest BCUT2D eigenvalue weighted by Crippen LogP contribution is 2.23. The number of halogens is 3. The summed E-state index contributed by atoms with van der Waals surface area (Å²) >= 11 is -3.93. The van der Waals surface area contributed by atoms with Crippen LogP contribution in [0.1, 0.15) is 0 Å². The van der Waals surface area contributed by atoms with Crippen molar-refractivity contribution in [3.8, 4) is 22.3 Å². The van der Waals surface area contributed by atoms with Crippen molar-refractivity contribution in [2.45, 2.75) is 5.51 Å². The molecule has 0 aliphatic carbocycles. The summed E-state index contributed by atoms with van der Waals surface area (Å²) in [7, 11) is 0. The van der Waals surface area contributed by atoms with Crippen molar-refractivity contribution < 1.29 is 21.9 Å². The first-order valence-electron chi connectivity index (χ1n) is 9.65. The molecule has 1 unspecified atom stereocenters. The minimum absolute atomic E-state index is 0.768. The molecule has 0 saturated heterocycles. The second-order valence-corrected chi connectivity index (χ2v) is 7.60. The van der Waals surface area contributed by atoms with E-state index in [1.54, 1.807) is 0 Å². The fraction of sp³-hybridized carbons (Fsp3) is 0.0400. The first-order valence-corrected chi connectivity index (χ1v) is 10.7. The maximum absolute atomic E-state index is 10.6. The van der Waals surface area contributed by atoms with Crippen LogP contribution in [0.15, 0.2) is 109 Å². The topological polar surface area (TPSA) is 92.2 Å². The lowest BCUT2D eigenvalue weighted by Gasteiger charge is -2.06. The van der Waals surface area contributed by atoms with E-state index in [1.165, 1.54) is 11.1 Å². The van der Waals surface area contributed by atoms with E-state index in [2.05, 4.69) is 48.5 Å². The SMILES string of the molecule is Nc1cccc(-c2cccc(N)c2)c1.O=S([O-])C(F)(F)F.c1ccc(-c2ccccc2)cc1. The van der Waals surface area contributed by atoms with E-state index < -0.39 is 16.6 Å². The van der Waals surface area contributed by atoms with Crippen molar-refractivity contribution in [1.29, 1.82) is 0 Å². The third-order valence-electron chi connectivity index (χ3n) is 4.18. The number of hydrogen-bond donors (Lipinski definition) is 2. The molecule has 0 amide bonds. The molecule has 33 heavy (non-hydrogen) atoms. The van der Waals surface area contributed by atoms with E-state index in [0.29, 0.717) is 0 Å². The van der Waals surface area contributed by atoms with Crippen LogP contribution in [-0.2, 0) is 11.1 Å². The predicted octanol–water partition coefficient (Wildman–Crippen LogP) is 6.26. The van der Waals surface area contributed by atoms with Gasteiger partial charge in [-0.1, -0.05) is 84.9 Å². The Hall–Kier alpha value is -3.62. The summed E-state index contributed by atoms with van der Waals surface area (Å²) in [5, 5.41) is 0. The zero-order valence-corrected chi connectivity index (χ0v) is 18.2. The van der Waals surface area contributed by atoms with E-state index >= 15 is 0 Å². The van der Waals surface area contributed by atoms with Crippen LogP contribution in [0, 0.1) is 0 Å². The molecule has 4 N–H and O–H groups in total. The summed E-state index contributed by atoms with van der Waals surface area (Å²) in [5.74, 6) is 0. The monoisotopic (exact) mass is 471 g/mol. The minimum atomic E-state index is -5.08. The molecule has 4 nitrogen and oxygen atoms in total. The summed E-state index contributed by atoms with van der Waals surface area (Å²) in [6, 6.07) is 36.3. The Balaban J connectivity index is 0.000000186. The second kappa shape index (κ2) is 12.4. The number of rotatable bonds is 2. The minimum Gasteiger partial charge on any atom is -0.766 e. The zero-order chi connectivity index (χ0) is 24.3. The molecule has 0 spiro atoms. The first-order chi connectivity index (χ1) is 15.7. The van der Waals surface area contributed by atoms with Crippen LogP contribution in [0.3, 0.4) is 0 Å². The summed E-state index contributed by atoms with van der Waals surface area (Å²) < 4.78 is 49.5. The fourth-order valence-corrected chi connectivity index (χ4v) is 2.70. The largest absolute Gasteiger partial charge is 0.766 e. The first kappa shape index (κ1) is 25.6.